The zero-order valence-electron chi connectivity index (χ0n) is 20.6. The zero-order valence-corrected chi connectivity index (χ0v) is 21.4. The van der Waals surface area contributed by atoms with Crippen LogP contribution >= 0.6 is 11.6 Å². The van der Waals surface area contributed by atoms with Crippen molar-refractivity contribution in [1.82, 2.24) is 4.57 Å². The summed E-state index contributed by atoms with van der Waals surface area (Å²) < 4.78 is 12.4. The molecule has 4 rings (SSSR count). The molecular formula is C28H27ClN2O4. The quantitative estimate of drug-likeness (QED) is 0.328. The zero-order chi connectivity index (χ0) is 25.4. The lowest BCUT2D eigenvalue weighted by Crippen LogP contribution is -2.24. The number of hydrogen-bond acceptors (Lipinski definition) is 4. The molecule has 3 aromatic rings. The number of carbonyl (C=O) groups is 2. The van der Waals surface area contributed by atoms with Crippen molar-refractivity contribution in [1.29, 1.82) is 0 Å². The number of aryl methyl sites for hydroxylation is 2. The normalized spacial score (nSPS) is 14.8. The summed E-state index contributed by atoms with van der Waals surface area (Å²) in [6, 6.07) is 15.2. The minimum Gasteiger partial charge on any atom is -0.495 e. The first-order chi connectivity index (χ1) is 16.7. The third-order valence-electron chi connectivity index (χ3n) is 6.25. The van der Waals surface area contributed by atoms with E-state index in [1.54, 1.807) is 25.0 Å². The molecular weight excluding hydrogens is 464 g/mol. The summed E-state index contributed by atoms with van der Waals surface area (Å²) in [6.07, 6.45) is 1.76. The molecule has 0 aliphatic carbocycles. The van der Waals surface area contributed by atoms with Gasteiger partial charge in [-0.1, -0.05) is 29.3 Å². The average Bonchev–Trinajstić information content (AvgIpc) is 3.25. The molecule has 0 atom stereocenters. The van der Waals surface area contributed by atoms with Gasteiger partial charge in [0.1, 0.15) is 5.75 Å². The Labute approximate surface area is 210 Å². The number of rotatable bonds is 5. The minimum absolute atomic E-state index is 0.260. The van der Waals surface area contributed by atoms with Crippen LogP contribution in [0.3, 0.4) is 0 Å². The monoisotopic (exact) mass is 490 g/mol. The lowest BCUT2D eigenvalue weighted by molar-refractivity contribution is -0.136. The third-order valence-corrected chi connectivity index (χ3v) is 6.54. The van der Waals surface area contributed by atoms with Crippen molar-refractivity contribution < 1.29 is 19.1 Å². The van der Waals surface area contributed by atoms with E-state index >= 15 is 0 Å². The molecule has 0 unspecified atom stereocenters. The minimum atomic E-state index is -0.549. The maximum absolute atomic E-state index is 13.6. The highest BCUT2D eigenvalue weighted by atomic mass is 35.5. The molecule has 2 heterocycles. The summed E-state index contributed by atoms with van der Waals surface area (Å²) in [5, 5.41) is 0.503. The number of benzene rings is 2. The molecule has 1 aliphatic rings. The fourth-order valence-electron chi connectivity index (χ4n) is 4.47. The summed E-state index contributed by atoms with van der Waals surface area (Å²) in [6.45, 7) is 7.68. The van der Waals surface area contributed by atoms with Gasteiger partial charge in [0.25, 0.3) is 5.91 Å². The Bertz CT molecular complexity index is 1400. The van der Waals surface area contributed by atoms with Crippen LogP contribution in [0.1, 0.15) is 29.4 Å². The van der Waals surface area contributed by atoms with Gasteiger partial charge in [-0.05, 0) is 75.7 Å². The molecule has 1 amide bonds. The number of carbonyl (C=O) groups excluding carboxylic acids is 2. The van der Waals surface area contributed by atoms with Crippen molar-refractivity contribution >= 4 is 35.2 Å². The highest BCUT2D eigenvalue weighted by molar-refractivity contribution is 6.32. The molecule has 1 aromatic heterocycles. The maximum atomic E-state index is 13.6. The van der Waals surface area contributed by atoms with E-state index in [-0.39, 0.29) is 11.5 Å². The molecule has 6 nitrogen and oxygen atoms in total. The number of ether oxygens (including phenoxy) is 2. The van der Waals surface area contributed by atoms with Crippen LogP contribution in [-0.2, 0) is 14.3 Å². The van der Waals surface area contributed by atoms with Gasteiger partial charge in [-0.3, -0.25) is 9.69 Å². The largest absolute Gasteiger partial charge is 0.495 e. The van der Waals surface area contributed by atoms with Crippen molar-refractivity contribution in [3.05, 3.63) is 92.9 Å². The van der Waals surface area contributed by atoms with E-state index in [1.165, 1.54) is 7.11 Å². The first-order valence-corrected chi connectivity index (χ1v) is 11.5. The lowest BCUT2D eigenvalue weighted by atomic mass is 10.0. The molecule has 0 radical (unpaired) electrons. The Balaban J connectivity index is 1.83. The number of anilines is 1. The third kappa shape index (κ3) is 4.26. The molecule has 7 heteroatoms. The molecule has 0 bridgehead atoms. The van der Waals surface area contributed by atoms with Crippen LogP contribution in [0, 0.1) is 20.8 Å². The van der Waals surface area contributed by atoms with Crippen LogP contribution in [0.2, 0.25) is 5.02 Å². The van der Waals surface area contributed by atoms with Crippen LogP contribution in [0.25, 0.3) is 11.8 Å². The average molecular weight is 491 g/mol. The fraction of sp³-hybridized carbons (Fsp3) is 0.214. The molecule has 0 fully saturated rings. The number of methoxy groups -OCH3 is 2. The Hall–Kier alpha value is -3.77. The molecule has 180 valence electrons. The molecule has 0 saturated heterocycles. The van der Waals surface area contributed by atoms with Crippen molar-refractivity contribution in [2.75, 3.05) is 19.1 Å². The highest BCUT2D eigenvalue weighted by Crippen LogP contribution is 2.37. The van der Waals surface area contributed by atoms with Crippen molar-refractivity contribution in [3.8, 4) is 11.4 Å². The first-order valence-electron chi connectivity index (χ1n) is 11.1. The van der Waals surface area contributed by atoms with Crippen molar-refractivity contribution in [2.45, 2.75) is 27.7 Å². The number of allylic oxidation sites excluding steroid dienone is 1. The van der Waals surface area contributed by atoms with Crippen molar-refractivity contribution in [2.24, 2.45) is 0 Å². The van der Waals surface area contributed by atoms with Gasteiger partial charge in [-0.2, -0.15) is 0 Å². The standard InChI is InChI=1S/C28H27ClN2O4/c1-16-7-9-21(10-8-16)31-19(4)26(28(33)35-6)23(27(31)32)14-20-13-17(2)30(18(20)3)22-11-12-25(34-5)24(29)15-22/h7-15H,1-6H3/b23-14-. The van der Waals surface area contributed by atoms with E-state index < -0.39 is 5.97 Å². The summed E-state index contributed by atoms with van der Waals surface area (Å²) in [7, 11) is 2.89. The van der Waals surface area contributed by atoms with Gasteiger partial charge in [0.15, 0.2) is 0 Å². The highest BCUT2D eigenvalue weighted by Gasteiger charge is 2.38. The SMILES string of the molecule is COC(=O)C1=C(C)N(c2ccc(C)cc2)C(=O)/C1=C\c1cc(C)n(-c2ccc(OC)c(Cl)c2)c1C. The smallest absolute Gasteiger partial charge is 0.340 e. The second-order valence-corrected chi connectivity index (χ2v) is 8.87. The van der Waals surface area contributed by atoms with Crippen LogP contribution < -0.4 is 9.64 Å². The summed E-state index contributed by atoms with van der Waals surface area (Å²) in [5.74, 6) is -0.229. The van der Waals surface area contributed by atoms with Gasteiger partial charge in [0.05, 0.1) is 30.4 Å². The molecule has 0 N–H and O–H groups in total. The van der Waals surface area contributed by atoms with Gasteiger partial charge in [0, 0.05) is 28.5 Å². The molecule has 1 aliphatic heterocycles. The summed E-state index contributed by atoms with van der Waals surface area (Å²) >= 11 is 6.36. The molecule has 35 heavy (non-hydrogen) atoms. The van der Waals surface area contributed by atoms with Crippen LogP contribution in [0.4, 0.5) is 5.69 Å². The van der Waals surface area contributed by atoms with Crippen LogP contribution in [0.15, 0.2) is 65.4 Å². The van der Waals surface area contributed by atoms with Crippen LogP contribution in [-0.4, -0.2) is 30.7 Å². The molecule has 2 aromatic carbocycles. The topological polar surface area (TPSA) is 60.8 Å². The first kappa shape index (κ1) is 24.4. The van der Waals surface area contributed by atoms with E-state index in [9.17, 15) is 9.59 Å². The van der Waals surface area contributed by atoms with Crippen LogP contribution in [0.5, 0.6) is 5.75 Å². The number of hydrogen-bond donors (Lipinski definition) is 0. The Morgan fingerprint density at radius 3 is 2.20 bits per heavy atom. The summed E-state index contributed by atoms with van der Waals surface area (Å²) in [4.78, 5) is 27.9. The molecule has 0 spiro atoms. The van der Waals surface area contributed by atoms with Gasteiger partial charge >= 0.3 is 5.97 Å². The van der Waals surface area contributed by atoms with Crippen molar-refractivity contribution in [3.63, 3.8) is 0 Å². The Morgan fingerprint density at radius 2 is 1.60 bits per heavy atom. The predicted octanol–water partition coefficient (Wildman–Crippen LogP) is 5.94. The summed E-state index contributed by atoms with van der Waals surface area (Å²) in [5.41, 5.74) is 6.41. The van der Waals surface area contributed by atoms with Gasteiger partial charge in [-0.25, -0.2) is 4.79 Å². The second kappa shape index (κ2) is 9.47. The van der Waals surface area contributed by atoms with E-state index in [0.717, 1.165) is 28.2 Å². The van der Waals surface area contributed by atoms with Gasteiger partial charge < -0.3 is 14.0 Å². The number of aromatic nitrogens is 1. The van der Waals surface area contributed by atoms with E-state index in [0.29, 0.717) is 27.7 Å². The van der Waals surface area contributed by atoms with Gasteiger partial charge in [0.2, 0.25) is 0 Å². The second-order valence-electron chi connectivity index (χ2n) is 8.47. The fourth-order valence-corrected chi connectivity index (χ4v) is 4.72. The Kier molecular flexibility index (Phi) is 6.59. The number of amides is 1. The Morgan fingerprint density at radius 1 is 0.943 bits per heavy atom. The molecule has 0 saturated carbocycles. The van der Waals surface area contributed by atoms with Gasteiger partial charge in [-0.15, -0.1) is 0 Å². The van der Waals surface area contributed by atoms with E-state index in [2.05, 4.69) is 0 Å². The number of esters is 1. The van der Waals surface area contributed by atoms with E-state index in [4.69, 9.17) is 21.1 Å². The predicted molar refractivity (Wildman–Crippen MR) is 138 cm³/mol. The number of halogens is 1. The maximum Gasteiger partial charge on any atom is 0.340 e. The lowest BCUT2D eigenvalue weighted by Gasteiger charge is -2.18. The number of nitrogens with zero attached hydrogens (tertiary/aromatic N) is 2. The van der Waals surface area contributed by atoms with E-state index in [1.807, 2.05) is 73.9 Å².